The van der Waals surface area contributed by atoms with E-state index in [0.29, 0.717) is 5.56 Å². The molecule has 0 spiro atoms. The summed E-state index contributed by atoms with van der Waals surface area (Å²) in [5, 5.41) is 8.61. The Labute approximate surface area is 90.5 Å². The van der Waals surface area contributed by atoms with Crippen LogP contribution in [0.3, 0.4) is 0 Å². The summed E-state index contributed by atoms with van der Waals surface area (Å²) < 4.78 is 0.722. The molecule has 1 aromatic carbocycles. The summed E-state index contributed by atoms with van der Waals surface area (Å²) in [6, 6.07) is 6.05. The first-order chi connectivity index (χ1) is 5.63. The molecule has 1 aromatic rings. The van der Waals surface area contributed by atoms with Crippen molar-refractivity contribution in [2.75, 3.05) is 0 Å². The van der Waals surface area contributed by atoms with Gasteiger partial charge in [0.05, 0.1) is 0 Å². The van der Waals surface area contributed by atoms with Crippen LogP contribution >= 0.6 is 28.3 Å². The van der Waals surface area contributed by atoms with E-state index in [2.05, 4.69) is 15.9 Å². The average molecular weight is 267 g/mol. The normalized spacial score (nSPS) is 11.5. The van der Waals surface area contributed by atoms with E-state index in [9.17, 15) is 4.79 Å². The number of hydrogen-bond donors (Lipinski definition) is 2. The number of aliphatic carboxylic acids is 1. The lowest BCUT2D eigenvalue weighted by atomic mass is 10.1. The van der Waals surface area contributed by atoms with E-state index in [1.807, 2.05) is 6.07 Å². The monoisotopic (exact) mass is 265 g/mol. The van der Waals surface area contributed by atoms with Gasteiger partial charge in [0.15, 0.2) is 0 Å². The van der Waals surface area contributed by atoms with Crippen LogP contribution in [0.5, 0.6) is 0 Å². The lowest BCUT2D eigenvalue weighted by molar-refractivity contribution is -0.138. The lowest BCUT2D eigenvalue weighted by Gasteiger charge is -2.07. The summed E-state index contributed by atoms with van der Waals surface area (Å²) in [4.78, 5) is 10.5. The molecule has 3 N–H and O–H groups in total. The number of nitrogens with two attached hydrogens (primary N) is 1. The Bertz CT molecular complexity index is 306. The summed E-state index contributed by atoms with van der Waals surface area (Å²) in [6.07, 6.45) is 0. The molecule has 0 amide bonds. The molecule has 1 rings (SSSR count). The molecule has 0 saturated heterocycles. The molecule has 0 heterocycles. The van der Waals surface area contributed by atoms with Crippen molar-refractivity contribution in [2.45, 2.75) is 6.04 Å². The second kappa shape index (κ2) is 5.21. The van der Waals surface area contributed by atoms with Crippen LogP contribution < -0.4 is 5.73 Å². The van der Waals surface area contributed by atoms with Crippen LogP contribution in [0.1, 0.15) is 11.6 Å². The van der Waals surface area contributed by atoms with Gasteiger partial charge in [0, 0.05) is 4.47 Å². The quantitative estimate of drug-likeness (QED) is 0.860. The average Bonchev–Trinajstić information content (AvgIpc) is 2.04. The Balaban J connectivity index is 0.00000144. The van der Waals surface area contributed by atoms with Crippen LogP contribution in [0.4, 0.5) is 0 Å². The van der Waals surface area contributed by atoms with Gasteiger partial charge < -0.3 is 10.8 Å². The van der Waals surface area contributed by atoms with Gasteiger partial charge in [-0.25, -0.2) is 0 Å². The highest BCUT2D eigenvalue weighted by Crippen LogP contribution is 2.21. The standard InChI is InChI=1S/C8H8BrNO2.ClH/c9-6-4-2-1-3-5(6)7(10)8(11)12;/h1-4,7H,10H2,(H,11,12);1H/t7-;/m1./s1. The fourth-order valence-electron chi connectivity index (χ4n) is 0.860. The first-order valence-electron chi connectivity index (χ1n) is 3.35. The summed E-state index contributed by atoms with van der Waals surface area (Å²) in [5.74, 6) is -1.03. The van der Waals surface area contributed by atoms with Crippen molar-refractivity contribution in [1.29, 1.82) is 0 Å². The number of halogens is 2. The van der Waals surface area contributed by atoms with Gasteiger partial charge in [0.25, 0.3) is 0 Å². The molecule has 5 heteroatoms. The zero-order chi connectivity index (χ0) is 9.14. The van der Waals surface area contributed by atoms with Gasteiger partial charge in [0.1, 0.15) is 6.04 Å². The van der Waals surface area contributed by atoms with E-state index in [4.69, 9.17) is 10.8 Å². The Morgan fingerprint density at radius 2 is 2.00 bits per heavy atom. The van der Waals surface area contributed by atoms with Gasteiger partial charge >= 0.3 is 5.97 Å². The molecule has 0 saturated carbocycles. The Kier molecular flexibility index (Phi) is 4.98. The minimum Gasteiger partial charge on any atom is -0.480 e. The van der Waals surface area contributed by atoms with Crippen molar-refractivity contribution >= 4 is 34.3 Å². The summed E-state index contributed by atoms with van der Waals surface area (Å²) in [6.45, 7) is 0. The highest BCUT2D eigenvalue weighted by atomic mass is 79.9. The molecule has 13 heavy (non-hydrogen) atoms. The molecular weight excluding hydrogens is 257 g/mol. The third kappa shape index (κ3) is 2.99. The number of carboxylic acid groups (broad SMARTS) is 1. The first kappa shape index (κ1) is 12.4. The van der Waals surface area contributed by atoms with E-state index >= 15 is 0 Å². The molecule has 0 radical (unpaired) electrons. The molecule has 0 unspecified atom stereocenters. The van der Waals surface area contributed by atoms with Gasteiger partial charge in [0.2, 0.25) is 0 Å². The second-order valence-electron chi connectivity index (χ2n) is 2.34. The van der Waals surface area contributed by atoms with Crippen LogP contribution in [0.2, 0.25) is 0 Å². The molecular formula is C8H9BrClNO2. The van der Waals surface area contributed by atoms with Crippen LogP contribution in [0.25, 0.3) is 0 Å². The predicted octanol–water partition coefficient (Wildman–Crippen LogP) is 1.96. The molecule has 0 bridgehead atoms. The predicted molar refractivity (Wildman–Crippen MR) is 56.0 cm³/mol. The molecule has 0 aliphatic heterocycles. The SMILES string of the molecule is Cl.N[C@@H](C(=O)O)c1ccccc1Br. The Morgan fingerprint density at radius 3 is 2.46 bits per heavy atom. The molecule has 0 aliphatic rings. The van der Waals surface area contributed by atoms with Crippen molar-refractivity contribution in [3.63, 3.8) is 0 Å². The number of carbonyl (C=O) groups is 1. The van der Waals surface area contributed by atoms with Crippen molar-refractivity contribution < 1.29 is 9.90 Å². The number of benzene rings is 1. The number of hydrogen-bond acceptors (Lipinski definition) is 2. The van der Waals surface area contributed by atoms with Crippen molar-refractivity contribution in [3.05, 3.63) is 34.3 Å². The van der Waals surface area contributed by atoms with Crippen LogP contribution in [-0.4, -0.2) is 11.1 Å². The fourth-order valence-corrected chi connectivity index (χ4v) is 1.39. The van der Waals surface area contributed by atoms with Crippen molar-refractivity contribution in [2.24, 2.45) is 5.73 Å². The molecule has 0 aliphatic carbocycles. The third-order valence-corrected chi connectivity index (χ3v) is 2.23. The highest BCUT2D eigenvalue weighted by Gasteiger charge is 2.15. The van der Waals surface area contributed by atoms with Crippen molar-refractivity contribution in [1.82, 2.24) is 0 Å². The number of carboxylic acids is 1. The van der Waals surface area contributed by atoms with Crippen LogP contribution in [-0.2, 0) is 4.79 Å². The van der Waals surface area contributed by atoms with Gasteiger partial charge in [-0.2, -0.15) is 0 Å². The molecule has 72 valence electrons. The topological polar surface area (TPSA) is 63.3 Å². The Hall–Kier alpha value is -0.580. The zero-order valence-corrected chi connectivity index (χ0v) is 9.01. The molecule has 0 fully saturated rings. The molecule has 0 aromatic heterocycles. The maximum atomic E-state index is 10.5. The molecule has 3 nitrogen and oxygen atoms in total. The minimum absolute atomic E-state index is 0. The van der Waals surface area contributed by atoms with E-state index < -0.39 is 12.0 Å². The van der Waals surface area contributed by atoms with Crippen LogP contribution in [0.15, 0.2) is 28.7 Å². The largest absolute Gasteiger partial charge is 0.480 e. The van der Waals surface area contributed by atoms with E-state index in [0.717, 1.165) is 4.47 Å². The fraction of sp³-hybridized carbons (Fsp3) is 0.125. The minimum atomic E-state index is -1.03. The second-order valence-corrected chi connectivity index (χ2v) is 3.19. The summed E-state index contributed by atoms with van der Waals surface area (Å²) >= 11 is 3.22. The van der Waals surface area contributed by atoms with Gasteiger partial charge in [-0.1, -0.05) is 34.1 Å². The number of rotatable bonds is 2. The van der Waals surface area contributed by atoms with Gasteiger partial charge in [-0.05, 0) is 11.6 Å². The third-order valence-electron chi connectivity index (χ3n) is 1.51. The van der Waals surface area contributed by atoms with Crippen LogP contribution in [0, 0.1) is 0 Å². The van der Waals surface area contributed by atoms with Gasteiger partial charge in [-0.3, -0.25) is 4.79 Å². The summed E-state index contributed by atoms with van der Waals surface area (Å²) in [5.41, 5.74) is 6.00. The lowest BCUT2D eigenvalue weighted by Crippen LogP contribution is -2.20. The maximum absolute atomic E-state index is 10.5. The van der Waals surface area contributed by atoms with E-state index in [1.165, 1.54) is 0 Å². The smallest absolute Gasteiger partial charge is 0.325 e. The maximum Gasteiger partial charge on any atom is 0.325 e. The zero-order valence-electron chi connectivity index (χ0n) is 6.61. The molecule has 1 atom stereocenters. The van der Waals surface area contributed by atoms with E-state index in [1.54, 1.807) is 18.2 Å². The van der Waals surface area contributed by atoms with Gasteiger partial charge in [-0.15, -0.1) is 12.4 Å². The van der Waals surface area contributed by atoms with Crippen molar-refractivity contribution in [3.8, 4) is 0 Å². The summed E-state index contributed by atoms with van der Waals surface area (Å²) in [7, 11) is 0. The highest BCUT2D eigenvalue weighted by molar-refractivity contribution is 9.10. The van der Waals surface area contributed by atoms with E-state index in [-0.39, 0.29) is 12.4 Å². The Morgan fingerprint density at radius 1 is 1.46 bits per heavy atom. The first-order valence-corrected chi connectivity index (χ1v) is 4.15.